The molecule has 11 heavy (non-hydrogen) atoms. The third-order valence-electron chi connectivity index (χ3n) is 2.41. The number of hydrogen-bond acceptors (Lipinski definition) is 2. The molecule has 0 N–H and O–H groups in total. The number of cyclic esters (lactones) is 1. The molecule has 0 amide bonds. The van der Waals surface area contributed by atoms with Crippen LogP contribution in [-0.4, -0.2) is 12.6 Å². The number of hydrogen-bond donors (Lipinski definition) is 0. The third-order valence-corrected chi connectivity index (χ3v) is 2.41. The molecule has 2 atom stereocenters. The molecule has 1 aliphatic heterocycles. The quantitative estimate of drug-likeness (QED) is 0.571. The summed E-state index contributed by atoms with van der Waals surface area (Å²) in [5.74, 6) is 0.718. The number of esters is 1. The van der Waals surface area contributed by atoms with Crippen LogP contribution in [0, 0.1) is 11.8 Å². The van der Waals surface area contributed by atoms with Crippen molar-refractivity contribution in [1.82, 2.24) is 0 Å². The Bertz CT molecular complexity index is 142. The molecule has 0 aliphatic carbocycles. The number of ether oxygens (including phenoxy) is 1. The molecule has 0 radical (unpaired) electrons. The fourth-order valence-corrected chi connectivity index (χ4v) is 1.60. The fraction of sp³-hybridized carbons (Fsp3) is 0.889. The molecule has 1 rings (SSSR count). The summed E-state index contributed by atoms with van der Waals surface area (Å²) >= 11 is 0. The highest BCUT2D eigenvalue weighted by Gasteiger charge is 2.29. The Morgan fingerprint density at radius 1 is 1.64 bits per heavy atom. The summed E-state index contributed by atoms with van der Waals surface area (Å²) in [6, 6.07) is 0. The molecule has 0 aromatic carbocycles. The highest BCUT2D eigenvalue weighted by Crippen LogP contribution is 2.25. The van der Waals surface area contributed by atoms with Gasteiger partial charge >= 0.3 is 5.97 Å². The molecule has 2 unspecified atom stereocenters. The van der Waals surface area contributed by atoms with Gasteiger partial charge in [0, 0.05) is 0 Å². The lowest BCUT2D eigenvalue weighted by atomic mass is 9.86. The van der Waals surface area contributed by atoms with Crippen molar-refractivity contribution in [2.75, 3.05) is 6.61 Å². The Balaban J connectivity index is 2.48. The van der Waals surface area contributed by atoms with Crippen molar-refractivity contribution >= 4 is 5.97 Å². The van der Waals surface area contributed by atoms with Crippen molar-refractivity contribution in [3.05, 3.63) is 0 Å². The van der Waals surface area contributed by atoms with Crippen molar-refractivity contribution in [3.8, 4) is 0 Å². The van der Waals surface area contributed by atoms with E-state index < -0.39 is 0 Å². The highest BCUT2D eigenvalue weighted by molar-refractivity contribution is 5.73. The van der Waals surface area contributed by atoms with Crippen molar-refractivity contribution in [3.63, 3.8) is 0 Å². The molecule has 0 aromatic heterocycles. The van der Waals surface area contributed by atoms with Crippen molar-refractivity contribution in [1.29, 1.82) is 0 Å². The molecule has 1 saturated heterocycles. The molecule has 0 aromatic rings. The van der Waals surface area contributed by atoms with E-state index in [1.54, 1.807) is 0 Å². The largest absolute Gasteiger partial charge is 0.465 e. The minimum absolute atomic E-state index is 0.0191. The topological polar surface area (TPSA) is 26.3 Å². The van der Waals surface area contributed by atoms with Crippen molar-refractivity contribution in [2.24, 2.45) is 11.8 Å². The minimum atomic E-state index is 0.0191. The van der Waals surface area contributed by atoms with Crippen LogP contribution in [0.4, 0.5) is 0 Å². The molecule has 0 saturated carbocycles. The van der Waals surface area contributed by atoms with Gasteiger partial charge in [-0.15, -0.1) is 0 Å². The van der Waals surface area contributed by atoms with Crippen LogP contribution in [0.2, 0.25) is 0 Å². The van der Waals surface area contributed by atoms with E-state index in [1.807, 2.05) is 0 Å². The van der Waals surface area contributed by atoms with Gasteiger partial charge in [-0.1, -0.05) is 20.3 Å². The Morgan fingerprint density at radius 2 is 2.36 bits per heavy atom. The first-order valence-corrected chi connectivity index (χ1v) is 4.42. The van der Waals surface area contributed by atoms with E-state index >= 15 is 0 Å². The van der Waals surface area contributed by atoms with Gasteiger partial charge in [-0.2, -0.15) is 0 Å². The van der Waals surface area contributed by atoms with Gasteiger partial charge in [0.1, 0.15) is 0 Å². The summed E-state index contributed by atoms with van der Waals surface area (Å²) in [5, 5.41) is 0. The predicted octanol–water partition coefficient (Wildman–Crippen LogP) is 1.99. The molecule has 0 spiro atoms. The molecular formula is C9H16O2. The van der Waals surface area contributed by atoms with Gasteiger partial charge < -0.3 is 4.74 Å². The van der Waals surface area contributed by atoms with Gasteiger partial charge in [0.15, 0.2) is 0 Å². The summed E-state index contributed by atoms with van der Waals surface area (Å²) < 4.78 is 4.97. The van der Waals surface area contributed by atoms with E-state index in [-0.39, 0.29) is 11.9 Å². The Morgan fingerprint density at radius 3 is 2.91 bits per heavy atom. The van der Waals surface area contributed by atoms with Crippen LogP contribution >= 0.6 is 0 Å². The van der Waals surface area contributed by atoms with Gasteiger partial charge in [-0.05, 0) is 18.8 Å². The first kappa shape index (κ1) is 8.57. The lowest BCUT2D eigenvalue weighted by Crippen LogP contribution is -2.30. The summed E-state index contributed by atoms with van der Waals surface area (Å²) in [5.41, 5.74) is 0. The number of carbonyl (C=O) groups excluding carboxylic acids is 1. The van der Waals surface area contributed by atoms with Gasteiger partial charge in [0.05, 0.1) is 12.5 Å². The Kier molecular flexibility index (Phi) is 2.92. The van der Waals surface area contributed by atoms with Crippen molar-refractivity contribution in [2.45, 2.75) is 33.1 Å². The predicted molar refractivity (Wildman–Crippen MR) is 43.1 cm³/mol. The van der Waals surface area contributed by atoms with E-state index in [9.17, 15) is 4.79 Å². The smallest absolute Gasteiger partial charge is 0.309 e. The second kappa shape index (κ2) is 3.74. The zero-order chi connectivity index (χ0) is 8.27. The normalized spacial score (nSPS) is 31.6. The van der Waals surface area contributed by atoms with E-state index in [4.69, 9.17) is 4.74 Å². The molecule has 64 valence electrons. The zero-order valence-corrected chi connectivity index (χ0v) is 7.30. The van der Waals surface area contributed by atoms with Crippen LogP contribution in [0.15, 0.2) is 0 Å². The molecule has 1 heterocycles. The van der Waals surface area contributed by atoms with Gasteiger partial charge in [-0.3, -0.25) is 4.79 Å². The average molecular weight is 156 g/mol. The maximum absolute atomic E-state index is 11.2. The van der Waals surface area contributed by atoms with E-state index in [1.165, 1.54) is 0 Å². The fourth-order valence-electron chi connectivity index (χ4n) is 1.60. The number of rotatable bonds is 2. The number of carbonyl (C=O) groups is 1. The minimum Gasteiger partial charge on any atom is -0.465 e. The standard InChI is InChI=1S/C9H16O2/c1-3-4-8-7(2)5-6-11-9(8)10/h7-8H,3-6H2,1-2H3. The lowest BCUT2D eigenvalue weighted by molar-refractivity contribution is -0.156. The van der Waals surface area contributed by atoms with Gasteiger partial charge in [0.2, 0.25) is 0 Å². The summed E-state index contributed by atoms with van der Waals surface area (Å²) in [4.78, 5) is 11.2. The highest BCUT2D eigenvalue weighted by atomic mass is 16.5. The second-order valence-electron chi connectivity index (χ2n) is 3.33. The molecular weight excluding hydrogens is 140 g/mol. The Hall–Kier alpha value is -0.530. The van der Waals surface area contributed by atoms with Crippen LogP contribution < -0.4 is 0 Å². The van der Waals surface area contributed by atoms with Crippen molar-refractivity contribution < 1.29 is 9.53 Å². The second-order valence-corrected chi connectivity index (χ2v) is 3.33. The van der Waals surface area contributed by atoms with Crippen LogP contribution in [0.25, 0.3) is 0 Å². The Labute approximate surface area is 67.9 Å². The molecule has 1 fully saturated rings. The lowest BCUT2D eigenvalue weighted by Gasteiger charge is -2.26. The SMILES string of the molecule is CCCC1C(=O)OCCC1C. The average Bonchev–Trinajstić information content (AvgIpc) is 1.97. The molecule has 2 heteroatoms. The van der Waals surface area contributed by atoms with Crippen LogP contribution in [0.5, 0.6) is 0 Å². The van der Waals surface area contributed by atoms with Crippen LogP contribution in [0.1, 0.15) is 33.1 Å². The molecule has 1 aliphatic rings. The maximum Gasteiger partial charge on any atom is 0.309 e. The first-order chi connectivity index (χ1) is 5.25. The summed E-state index contributed by atoms with van der Waals surface area (Å²) in [6.45, 7) is 4.87. The maximum atomic E-state index is 11.2. The summed E-state index contributed by atoms with van der Waals surface area (Å²) in [7, 11) is 0. The summed E-state index contributed by atoms with van der Waals surface area (Å²) in [6.07, 6.45) is 3.10. The van der Waals surface area contributed by atoms with Crippen LogP contribution in [0.3, 0.4) is 0 Å². The van der Waals surface area contributed by atoms with E-state index in [0.717, 1.165) is 19.3 Å². The monoisotopic (exact) mass is 156 g/mol. The molecule has 0 bridgehead atoms. The zero-order valence-electron chi connectivity index (χ0n) is 7.30. The van der Waals surface area contributed by atoms with Crippen LogP contribution in [-0.2, 0) is 9.53 Å². The van der Waals surface area contributed by atoms with Gasteiger partial charge in [-0.25, -0.2) is 0 Å². The van der Waals surface area contributed by atoms with Gasteiger partial charge in [0.25, 0.3) is 0 Å². The first-order valence-electron chi connectivity index (χ1n) is 4.42. The van der Waals surface area contributed by atoms with E-state index in [2.05, 4.69) is 13.8 Å². The van der Waals surface area contributed by atoms with E-state index in [0.29, 0.717) is 12.5 Å². The molecule has 2 nitrogen and oxygen atoms in total. The third kappa shape index (κ3) is 1.95.